The molecule has 1 unspecified atom stereocenters. The van der Waals surface area contributed by atoms with Crippen LogP contribution in [0.4, 0.5) is 5.13 Å². The smallest absolute Gasteiger partial charge is 0.265 e. The summed E-state index contributed by atoms with van der Waals surface area (Å²) in [6.45, 7) is 5.26. The number of para-hydroxylation sites is 1. The van der Waals surface area contributed by atoms with Crippen LogP contribution >= 0.6 is 11.3 Å². The maximum atomic E-state index is 12.7. The SMILES string of the molecule is CCNc1nc(C)c(C(=O)N(C)CC2Cc3ccccc3O2)s1. The Kier molecular flexibility index (Phi) is 4.52. The number of hydrogen-bond donors (Lipinski definition) is 1. The summed E-state index contributed by atoms with van der Waals surface area (Å²) in [4.78, 5) is 19.5. The topological polar surface area (TPSA) is 54.5 Å². The zero-order valence-corrected chi connectivity index (χ0v) is 14.4. The minimum Gasteiger partial charge on any atom is -0.488 e. The standard InChI is InChI=1S/C17H21N3O2S/c1-4-18-17-19-11(2)15(23-17)16(21)20(3)10-13-9-12-7-5-6-8-14(12)22-13/h5-8,13H,4,9-10H2,1-3H3,(H,18,19). The highest BCUT2D eigenvalue weighted by Gasteiger charge is 2.27. The summed E-state index contributed by atoms with van der Waals surface area (Å²) in [5.74, 6) is 0.936. The van der Waals surface area contributed by atoms with Crippen molar-refractivity contribution in [3.05, 3.63) is 40.4 Å². The molecule has 6 heteroatoms. The second-order valence-corrected chi connectivity index (χ2v) is 6.70. The first kappa shape index (κ1) is 15.8. The van der Waals surface area contributed by atoms with Gasteiger partial charge in [0, 0.05) is 20.0 Å². The van der Waals surface area contributed by atoms with Crippen LogP contribution in [-0.2, 0) is 6.42 Å². The molecule has 0 fully saturated rings. The number of likely N-dealkylation sites (N-methyl/N-ethyl adjacent to an activating group) is 1. The predicted octanol–water partition coefficient (Wildman–Crippen LogP) is 2.96. The summed E-state index contributed by atoms with van der Waals surface area (Å²) in [5, 5.41) is 3.96. The van der Waals surface area contributed by atoms with E-state index >= 15 is 0 Å². The van der Waals surface area contributed by atoms with Crippen LogP contribution in [0.2, 0.25) is 0 Å². The number of benzene rings is 1. The molecule has 0 spiro atoms. The van der Waals surface area contributed by atoms with Crippen molar-refractivity contribution in [2.24, 2.45) is 0 Å². The summed E-state index contributed by atoms with van der Waals surface area (Å²) in [6.07, 6.45) is 0.862. The molecule has 0 saturated carbocycles. The van der Waals surface area contributed by atoms with Gasteiger partial charge < -0.3 is 15.0 Å². The largest absolute Gasteiger partial charge is 0.488 e. The van der Waals surface area contributed by atoms with Crippen molar-refractivity contribution >= 4 is 22.4 Å². The Bertz CT molecular complexity index is 689. The maximum absolute atomic E-state index is 12.7. The fourth-order valence-electron chi connectivity index (χ4n) is 2.74. The Morgan fingerprint density at radius 3 is 3.00 bits per heavy atom. The van der Waals surface area contributed by atoms with E-state index in [0.717, 1.165) is 29.5 Å². The molecule has 23 heavy (non-hydrogen) atoms. The Hall–Kier alpha value is -2.08. The summed E-state index contributed by atoms with van der Waals surface area (Å²) in [5.41, 5.74) is 1.99. The van der Waals surface area contributed by atoms with Crippen LogP contribution in [0.5, 0.6) is 5.75 Å². The van der Waals surface area contributed by atoms with Gasteiger partial charge in [-0.2, -0.15) is 0 Å². The monoisotopic (exact) mass is 331 g/mol. The number of aromatic nitrogens is 1. The third kappa shape index (κ3) is 3.32. The fourth-order valence-corrected chi connectivity index (χ4v) is 3.77. The first-order valence-electron chi connectivity index (χ1n) is 7.79. The molecule has 0 aliphatic carbocycles. The lowest BCUT2D eigenvalue weighted by molar-refractivity contribution is 0.0734. The Morgan fingerprint density at radius 2 is 2.26 bits per heavy atom. The van der Waals surface area contributed by atoms with Gasteiger partial charge in [0.1, 0.15) is 16.7 Å². The lowest BCUT2D eigenvalue weighted by atomic mass is 10.1. The molecular formula is C17H21N3O2S. The van der Waals surface area contributed by atoms with Crippen molar-refractivity contribution in [2.45, 2.75) is 26.4 Å². The molecule has 2 heterocycles. The highest BCUT2D eigenvalue weighted by atomic mass is 32.1. The molecule has 1 aromatic heterocycles. The van der Waals surface area contributed by atoms with E-state index in [2.05, 4.69) is 16.4 Å². The van der Waals surface area contributed by atoms with Gasteiger partial charge in [-0.25, -0.2) is 4.98 Å². The van der Waals surface area contributed by atoms with Crippen LogP contribution in [0.3, 0.4) is 0 Å². The number of carbonyl (C=O) groups excluding carboxylic acids is 1. The van der Waals surface area contributed by atoms with Crippen molar-refractivity contribution in [1.82, 2.24) is 9.88 Å². The molecule has 0 bridgehead atoms. The van der Waals surface area contributed by atoms with Crippen LogP contribution in [0, 0.1) is 6.92 Å². The summed E-state index contributed by atoms with van der Waals surface area (Å²) in [6, 6.07) is 8.04. The molecule has 1 aliphatic rings. The quantitative estimate of drug-likeness (QED) is 0.915. The molecule has 1 amide bonds. The third-order valence-corrected chi connectivity index (χ3v) is 4.96. The van der Waals surface area contributed by atoms with Gasteiger partial charge in [0.2, 0.25) is 0 Å². The van der Waals surface area contributed by atoms with E-state index in [0.29, 0.717) is 11.4 Å². The predicted molar refractivity (Wildman–Crippen MR) is 92.5 cm³/mol. The summed E-state index contributed by atoms with van der Waals surface area (Å²) >= 11 is 1.41. The number of thiazole rings is 1. The number of ether oxygens (including phenoxy) is 1. The Balaban J connectivity index is 1.65. The van der Waals surface area contributed by atoms with Crippen molar-refractivity contribution < 1.29 is 9.53 Å². The number of anilines is 1. The van der Waals surface area contributed by atoms with Gasteiger partial charge in [-0.15, -0.1) is 0 Å². The molecule has 122 valence electrons. The lowest BCUT2D eigenvalue weighted by Gasteiger charge is -2.20. The average Bonchev–Trinajstić information content (AvgIpc) is 3.09. The van der Waals surface area contributed by atoms with Gasteiger partial charge in [-0.1, -0.05) is 29.5 Å². The van der Waals surface area contributed by atoms with Crippen LogP contribution in [0.15, 0.2) is 24.3 Å². The maximum Gasteiger partial charge on any atom is 0.265 e. The number of aryl methyl sites for hydroxylation is 1. The van der Waals surface area contributed by atoms with E-state index in [4.69, 9.17) is 4.74 Å². The molecule has 5 nitrogen and oxygen atoms in total. The second kappa shape index (κ2) is 6.58. The van der Waals surface area contributed by atoms with Gasteiger partial charge >= 0.3 is 0 Å². The van der Waals surface area contributed by atoms with Gasteiger partial charge in [0.05, 0.1) is 12.2 Å². The number of nitrogens with one attached hydrogen (secondary N) is 1. The van der Waals surface area contributed by atoms with Crippen LogP contribution in [0.25, 0.3) is 0 Å². The molecule has 1 N–H and O–H groups in total. The second-order valence-electron chi connectivity index (χ2n) is 5.70. The molecule has 0 radical (unpaired) electrons. The fraction of sp³-hybridized carbons (Fsp3) is 0.412. The number of nitrogens with zero attached hydrogens (tertiary/aromatic N) is 2. The molecule has 2 aromatic rings. The van der Waals surface area contributed by atoms with Crippen molar-refractivity contribution in [1.29, 1.82) is 0 Å². The van der Waals surface area contributed by atoms with E-state index in [1.54, 1.807) is 4.90 Å². The minimum absolute atomic E-state index is 0.00343. The first-order chi connectivity index (χ1) is 11.1. The van der Waals surface area contributed by atoms with Crippen molar-refractivity contribution in [3.63, 3.8) is 0 Å². The third-order valence-electron chi connectivity index (χ3n) is 3.86. The first-order valence-corrected chi connectivity index (χ1v) is 8.61. The van der Waals surface area contributed by atoms with E-state index < -0.39 is 0 Å². The lowest BCUT2D eigenvalue weighted by Crippen LogP contribution is -2.36. The minimum atomic E-state index is 0.00343. The zero-order valence-electron chi connectivity index (χ0n) is 13.6. The Morgan fingerprint density at radius 1 is 1.48 bits per heavy atom. The molecule has 1 aromatic carbocycles. The van der Waals surface area contributed by atoms with Gasteiger partial charge in [-0.3, -0.25) is 4.79 Å². The molecule has 0 saturated heterocycles. The van der Waals surface area contributed by atoms with Crippen LogP contribution < -0.4 is 10.1 Å². The number of amides is 1. The van der Waals surface area contributed by atoms with Gasteiger partial charge in [0.25, 0.3) is 5.91 Å². The van der Waals surface area contributed by atoms with Crippen molar-refractivity contribution in [3.8, 4) is 5.75 Å². The Labute approximate surface area is 140 Å². The van der Waals surface area contributed by atoms with Crippen LogP contribution in [0.1, 0.15) is 27.9 Å². The number of carbonyl (C=O) groups is 1. The van der Waals surface area contributed by atoms with E-state index in [1.165, 1.54) is 16.9 Å². The van der Waals surface area contributed by atoms with E-state index in [9.17, 15) is 4.79 Å². The van der Waals surface area contributed by atoms with Gasteiger partial charge in [0.15, 0.2) is 5.13 Å². The number of fused-ring (bicyclic) bond motifs is 1. The van der Waals surface area contributed by atoms with Crippen LogP contribution in [-0.4, -0.2) is 42.0 Å². The zero-order chi connectivity index (χ0) is 16.4. The summed E-state index contributed by atoms with van der Waals surface area (Å²) < 4.78 is 5.92. The summed E-state index contributed by atoms with van der Waals surface area (Å²) in [7, 11) is 1.82. The van der Waals surface area contributed by atoms with E-state index in [1.807, 2.05) is 39.1 Å². The van der Waals surface area contributed by atoms with E-state index in [-0.39, 0.29) is 12.0 Å². The normalized spacial score (nSPS) is 15.9. The average molecular weight is 331 g/mol. The molecular weight excluding hydrogens is 310 g/mol. The number of rotatable bonds is 5. The molecule has 3 rings (SSSR count). The highest BCUT2D eigenvalue weighted by Crippen LogP contribution is 2.29. The molecule has 1 aliphatic heterocycles. The van der Waals surface area contributed by atoms with Crippen molar-refractivity contribution in [2.75, 3.05) is 25.5 Å². The highest BCUT2D eigenvalue weighted by molar-refractivity contribution is 7.17. The number of hydrogen-bond acceptors (Lipinski definition) is 5. The molecule has 1 atom stereocenters. The van der Waals surface area contributed by atoms with Gasteiger partial charge in [-0.05, 0) is 25.5 Å².